The van der Waals surface area contributed by atoms with Crippen molar-refractivity contribution in [2.75, 3.05) is 18.5 Å². The van der Waals surface area contributed by atoms with Crippen molar-refractivity contribution in [3.05, 3.63) is 56.6 Å². The van der Waals surface area contributed by atoms with Gasteiger partial charge in [0.05, 0.1) is 44.6 Å². The zero-order valence-corrected chi connectivity index (χ0v) is 18.3. The fourth-order valence-corrected chi connectivity index (χ4v) is 3.50. The highest BCUT2D eigenvalue weighted by Crippen LogP contribution is 2.38. The van der Waals surface area contributed by atoms with Crippen molar-refractivity contribution in [3.8, 4) is 5.75 Å². The van der Waals surface area contributed by atoms with Gasteiger partial charge < -0.3 is 14.8 Å². The van der Waals surface area contributed by atoms with Gasteiger partial charge in [0.1, 0.15) is 11.3 Å². The van der Waals surface area contributed by atoms with Crippen LogP contribution in [-0.2, 0) is 4.74 Å². The second-order valence-corrected chi connectivity index (χ2v) is 7.37. The van der Waals surface area contributed by atoms with Gasteiger partial charge in [0.2, 0.25) is 0 Å². The molecule has 8 heteroatoms. The average Bonchev–Trinajstić information content (AvgIpc) is 2.67. The number of halogens is 3. The zero-order chi connectivity index (χ0) is 20.3. The molecule has 0 spiro atoms. The molecule has 0 aliphatic rings. The van der Waals surface area contributed by atoms with Crippen LogP contribution in [0.4, 0.5) is 11.4 Å². The number of pyridine rings is 1. The number of fused-ring (bicyclic) bond motifs is 1. The van der Waals surface area contributed by atoms with Crippen molar-refractivity contribution in [1.82, 2.24) is 4.98 Å². The molecule has 0 atom stereocenters. The van der Waals surface area contributed by atoms with Gasteiger partial charge in [-0.2, -0.15) is 0 Å². The molecule has 3 aromatic rings. The van der Waals surface area contributed by atoms with E-state index >= 15 is 0 Å². The number of carbonyl (C=O) groups is 1. The first-order chi connectivity index (χ1) is 13.5. The molecule has 146 valence electrons. The van der Waals surface area contributed by atoms with Crippen molar-refractivity contribution >= 4 is 67.4 Å². The molecule has 28 heavy (non-hydrogen) atoms. The molecule has 1 heterocycles. The van der Waals surface area contributed by atoms with Crippen molar-refractivity contribution in [1.29, 1.82) is 0 Å². The molecule has 0 saturated carbocycles. The third-order valence-corrected chi connectivity index (χ3v) is 5.37. The maximum absolute atomic E-state index is 12.5. The van der Waals surface area contributed by atoms with Crippen molar-refractivity contribution < 1.29 is 14.3 Å². The first-order valence-electron chi connectivity index (χ1n) is 8.59. The lowest BCUT2D eigenvalue weighted by molar-refractivity contribution is 0.0527. The van der Waals surface area contributed by atoms with Crippen molar-refractivity contribution in [2.45, 2.75) is 13.8 Å². The third kappa shape index (κ3) is 4.19. The Morgan fingerprint density at radius 3 is 2.71 bits per heavy atom. The second-order valence-electron chi connectivity index (χ2n) is 5.73. The molecule has 3 rings (SSSR count). The van der Waals surface area contributed by atoms with Gasteiger partial charge in [0.25, 0.3) is 0 Å². The number of esters is 1. The zero-order valence-electron chi connectivity index (χ0n) is 15.2. The monoisotopic (exact) mass is 482 g/mol. The first-order valence-corrected chi connectivity index (χ1v) is 10.1. The van der Waals surface area contributed by atoms with E-state index < -0.39 is 5.97 Å². The van der Waals surface area contributed by atoms with Crippen LogP contribution in [0.3, 0.4) is 0 Å². The van der Waals surface area contributed by atoms with Crippen molar-refractivity contribution in [3.63, 3.8) is 0 Å². The van der Waals surface area contributed by atoms with E-state index in [9.17, 15) is 4.79 Å². The predicted molar refractivity (Wildman–Crippen MR) is 116 cm³/mol. The smallest absolute Gasteiger partial charge is 0.341 e. The van der Waals surface area contributed by atoms with Crippen LogP contribution < -0.4 is 10.1 Å². The maximum Gasteiger partial charge on any atom is 0.341 e. The summed E-state index contributed by atoms with van der Waals surface area (Å²) in [6, 6.07) is 8.89. The summed E-state index contributed by atoms with van der Waals surface area (Å²) in [5, 5.41) is 4.69. The Balaban J connectivity index is 2.22. The summed E-state index contributed by atoms with van der Waals surface area (Å²) in [4.78, 5) is 16.9. The van der Waals surface area contributed by atoms with Crippen LogP contribution in [0.1, 0.15) is 24.2 Å². The van der Waals surface area contributed by atoms with Gasteiger partial charge in [-0.3, -0.25) is 4.98 Å². The van der Waals surface area contributed by atoms with E-state index in [1.165, 1.54) is 6.20 Å². The average molecular weight is 484 g/mol. The van der Waals surface area contributed by atoms with E-state index in [1.54, 1.807) is 25.1 Å². The van der Waals surface area contributed by atoms with Gasteiger partial charge in [-0.1, -0.05) is 29.3 Å². The van der Waals surface area contributed by atoms with Crippen LogP contribution in [0.15, 0.2) is 41.0 Å². The molecule has 0 amide bonds. The molecule has 0 aliphatic heterocycles. The lowest BCUT2D eigenvalue weighted by Gasteiger charge is -2.16. The van der Waals surface area contributed by atoms with Gasteiger partial charge in [0.15, 0.2) is 0 Å². The molecule has 0 aliphatic carbocycles. The molecular formula is C20H17BrCl2N2O3. The lowest BCUT2D eigenvalue weighted by atomic mass is 10.1. The molecule has 1 aromatic heterocycles. The van der Waals surface area contributed by atoms with E-state index in [1.807, 2.05) is 19.1 Å². The Kier molecular flexibility index (Phi) is 6.65. The highest BCUT2D eigenvalue weighted by atomic mass is 79.9. The van der Waals surface area contributed by atoms with Crippen LogP contribution in [0.2, 0.25) is 10.0 Å². The van der Waals surface area contributed by atoms with Gasteiger partial charge in [-0.15, -0.1) is 0 Å². The Labute approximate surface area is 181 Å². The minimum Gasteiger partial charge on any atom is -0.493 e. The summed E-state index contributed by atoms with van der Waals surface area (Å²) in [6.45, 7) is 4.43. The Morgan fingerprint density at radius 2 is 2.00 bits per heavy atom. The van der Waals surface area contributed by atoms with E-state index in [0.29, 0.717) is 50.2 Å². The largest absolute Gasteiger partial charge is 0.493 e. The number of aromatic nitrogens is 1. The molecule has 0 fully saturated rings. The molecule has 0 bridgehead atoms. The minimum absolute atomic E-state index is 0.251. The van der Waals surface area contributed by atoms with Crippen LogP contribution >= 0.6 is 39.1 Å². The normalized spacial score (nSPS) is 10.8. The molecule has 1 N–H and O–H groups in total. The van der Waals surface area contributed by atoms with Crippen LogP contribution in [0.5, 0.6) is 5.75 Å². The van der Waals surface area contributed by atoms with E-state index in [0.717, 1.165) is 4.47 Å². The number of anilines is 2. The molecule has 0 unspecified atom stereocenters. The summed E-state index contributed by atoms with van der Waals surface area (Å²) < 4.78 is 11.5. The minimum atomic E-state index is -0.484. The molecule has 0 saturated heterocycles. The van der Waals surface area contributed by atoms with Crippen LogP contribution in [-0.4, -0.2) is 24.2 Å². The summed E-state index contributed by atoms with van der Waals surface area (Å²) in [7, 11) is 0. The topological polar surface area (TPSA) is 60.5 Å². The van der Waals surface area contributed by atoms with E-state index in [4.69, 9.17) is 32.7 Å². The number of benzene rings is 2. The Bertz CT molecular complexity index is 1040. The van der Waals surface area contributed by atoms with Gasteiger partial charge in [-0.25, -0.2) is 4.79 Å². The third-order valence-electron chi connectivity index (χ3n) is 3.93. The Morgan fingerprint density at radius 1 is 1.21 bits per heavy atom. The fraction of sp³-hybridized carbons (Fsp3) is 0.200. The highest BCUT2D eigenvalue weighted by molar-refractivity contribution is 9.10. The SMILES string of the molecule is CCOC(=O)c1cnc2cc(OCC)c(Br)cc2c1Nc1cccc(Cl)c1Cl. The van der Waals surface area contributed by atoms with Gasteiger partial charge in [0, 0.05) is 17.6 Å². The molecular weight excluding hydrogens is 467 g/mol. The summed E-state index contributed by atoms with van der Waals surface area (Å²) >= 11 is 16.0. The number of nitrogens with zero attached hydrogens (tertiary/aromatic N) is 1. The van der Waals surface area contributed by atoms with Crippen LogP contribution in [0.25, 0.3) is 10.9 Å². The molecule has 5 nitrogen and oxygen atoms in total. The first kappa shape index (κ1) is 20.7. The predicted octanol–water partition coefficient (Wildman–Crippen LogP) is 6.62. The number of rotatable bonds is 6. The number of hydrogen-bond acceptors (Lipinski definition) is 5. The van der Waals surface area contributed by atoms with Gasteiger partial charge in [-0.05, 0) is 48.0 Å². The fourth-order valence-electron chi connectivity index (χ4n) is 2.69. The summed E-state index contributed by atoms with van der Waals surface area (Å²) in [5.74, 6) is 0.181. The lowest BCUT2D eigenvalue weighted by Crippen LogP contribution is -2.09. The van der Waals surface area contributed by atoms with E-state index in [-0.39, 0.29) is 6.61 Å². The Hall–Kier alpha value is -2.02. The number of carbonyl (C=O) groups excluding carboxylic acids is 1. The second kappa shape index (κ2) is 8.99. The van der Waals surface area contributed by atoms with E-state index in [2.05, 4.69) is 26.2 Å². The molecule has 0 radical (unpaired) electrons. The summed E-state index contributed by atoms with van der Waals surface area (Å²) in [5.41, 5.74) is 2.04. The maximum atomic E-state index is 12.5. The summed E-state index contributed by atoms with van der Waals surface area (Å²) in [6.07, 6.45) is 1.48. The van der Waals surface area contributed by atoms with Crippen molar-refractivity contribution in [2.24, 2.45) is 0 Å². The quantitative estimate of drug-likeness (QED) is 0.399. The highest BCUT2D eigenvalue weighted by Gasteiger charge is 2.19. The number of ether oxygens (including phenoxy) is 2. The number of nitrogens with one attached hydrogen (secondary N) is 1. The standard InChI is InChI=1S/C20H17BrCl2N2O3/c1-3-27-17-9-16-11(8-13(17)21)19(12(10-24-16)20(26)28-4-2)25-15-7-5-6-14(22)18(15)23/h5-10H,3-4H2,1-2H3,(H,24,25). The number of hydrogen-bond donors (Lipinski definition) is 1. The molecule has 2 aromatic carbocycles. The van der Waals surface area contributed by atoms with Gasteiger partial charge >= 0.3 is 5.97 Å². The van der Waals surface area contributed by atoms with Crippen LogP contribution in [0, 0.1) is 0 Å².